The number of nitrogens with one attached hydrogen (secondary N) is 1. The summed E-state index contributed by atoms with van der Waals surface area (Å²) in [6.45, 7) is 3.74. The molecule has 1 heterocycles. The van der Waals surface area contributed by atoms with Crippen LogP contribution in [-0.2, 0) is 14.3 Å². The molecule has 1 aliphatic carbocycles. The molecule has 4 unspecified atom stereocenters. The molecule has 0 spiro atoms. The average Bonchev–Trinajstić information content (AvgIpc) is 2.43. The molecule has 2 amide bonds. The number of methoxy groups -OCH3 is 1. The van der Waals surface area contributed by atoms with Gasteiger partial charge in [0.2, 0.25) is 11.8 Å². The second-order valence-corrected chi connectivity index (χ2v) is 5.57. The number of rotatable bonds is 3. The molecule has 0 aromatic heterocycles. The lowest BCUT2D eigenvalue weighted by atomic mass is 9.89. The first-order valence-corrected chi connectivity index (χ1v) is 7.23. The maximum Gasteiger partial charge on any atom is 0.246 e. The molecule has 1 saturated heterocycles. The van der Waals surface area contributed by atoms with E-state index in [0.29, 0.717) is 6.42 Å². The van der Waals surface area contributed by atoms with Gasteiger partial charge in [-0.05, 0) is 39.0 Å². The van der Waals surface area contributed by atoms with E-state index in [1.807, 2.05) is 13.8 Å². The first kappa shape index (κ1) is 14.3. The summed E-state index contributed by atoms with van der Waals surface area (Å²) in [5.41, 5.74) is 0. The molecule has 0 bridgehead atoms. The van der Waals surface area contributed by atoms with E-state index >= 15 is 0 Å². The Morgan fingerprint density at radius 3 is 2.74 bits per heavy atom. The smallest absolute Gasteiger partial charge is 0.246 e. The average molecular weight is 268 g/mol. The van der Waals surface area contributed by atoms with Gasteiger partial charge in [-0.3, -0.25) is 9.59 Å². The SMILES string of the molecule is CCC1NC(=O)C(C)N(C2CCCC(OC)C2)C1=O. The number of nitrogens with zero attached hydrogens (tertiary/aromatic N) is 1. The zero-order valence-corrected chi connectivity index (χ0v) is 12.0. The molecule has 1 saturated carbocycles. The fraction of sp³-hybridized carbons (Fsp3) is 0.857. The minimum atomic E-state index is -0.365. The summed E-state index contributed by atoms with van der Waals surface area (Å²) in [5.74, 6) is 0.0299. The van der Waals surface area contributed by atoms with Gasteiger partial charge in [-0.1, -0.05) is 6.92 Å². The van der Waals surface area contributed by atoms with Gasteiger partial charge >= 0.3 is 0 Å². The molecule has 2 aliphatic rings. The van der Waals surface area contributed by atoms with E-state index in [-0.39, 0.29) is 36.0 Å². The topological polar surface area (TPSA) is 58.6 Å². The van der Waals surface area contributed by atoms with E-state index in [9.17, 15) is 9.59 Å². The van der Waals surface area contributed by atoms with Crippen molar-refractivity contribution in [3.8, 4) is 0 Å². The standard InChI is InChI=1S/C14H24N2O3/c1-4-12-14(18)16(9(2)13(17)15-12)10-6-5-7-11(8-10)19-3/h9-12H,4-8H2,1-3H3,(H,15,17). The fourth-order valence-corrected chi connectivity index (χ4v) is 3.21. The van der Waals surface area contributed by atoms with Crippen LogP contribution in [0, 0.1) is 0 Å². The molecule has 2 rings (SSSR count). The van der Waals surface area contributed by atoms with E-state index in [0.717, 1.165) is 25.7 Å². The lowest BCUT2D eigenvalue weighted by molar-refractivity contribution is -0.153. The monoisotopic (exact) mass is 268 g/mol. The van der Waals surface area contributed by atoms with Crippen molar-refractivity contribution >= 4 is 11.8 Å². The fourth-order valence-electron chi connectivity index (χ4n) is 3.21. The van der Waals surface area contributed by atoms with Crippen molar-refractivity contribution in [2.24, 2.45) is 0 Å². The Labute approximate surface area is 114 Å². The van der Waals surface area contributed by atoms with Crippen LogP contribution in [0.2, 0.25) is 0 Å². The van der Waals surface area contributed by atoms with Crippen LogP contribution in [0.3, 0.4) is 0 Å². The third-order valence-corrected chi connectivity index (χ3v) is 4.40. The van der Waals surface area contributed by atoms with Crippen LogP contribution in [0.15, 0.2) is 0 Å². The number of piperazine rings is 1. The van der Waals surface area contributed by atoms with Crippen molar-refractivity contribution in [1.29, 1.82) is 0 Å². The summed E-state index contributed by atoms with van der Waals surface area (Å²) in [6, 6.07) is -0.580. The van der Waals surface area contributed by atoms with Crippen LogP contribution < -0.4 is 5.32 Å². The molecular weight excluding hydrogens is 244 g/mol. The number of carbonyl (C=O) groups is 2. The summed E-state index contributed by atoms with van der Waals surface area (Å²) in [6.07, 6.45) is 4.78. The molecule has 5 heteroatoms. The minimum Gasteiger partial charge on any atom is -0.381 e. The van der Waals surface area contributed by atoms with Crippen LogP contribution in [0.4, 0.5) is 0 Å². The Bertz CT molecular complexity index is 359. The van der Waals surface area contributed by atoms with Crippen LogP contribution in [0.25, 0.3) is 0 Å². The number of hydrogen-bond acceptors (Lipinski definition) is 3. The summed E-state index contributed by atoms with van der Waals surface area (Å²) >= 11 is 0. The molecule has 0 aromatic rings. The highest BCUT2D eigenvalue weighted by Crippen LogP contribution is 2.28. The van der Waals surface area contributed by atoms with Gasteiger partial charge in [0.25, 0.3) is 0 Å². The summed E-state index contributed by atoms with van der Waals surface area (Å²) in [4.78, 5) is 26.3. The lowest BCUT2D eigenvalue weighted by Gasteiger charge is -2.44. The van der Waals surface area contributed by atoms with Gasteiger partial charge < -0.3 is 15.0 Å². The van der Waals surface area contributed by atoms with E-state index in [1.165, 1.54) is 0 Å². The summed E-state index contributed by atoms with van der Waals surface area (Å²) < 4.78 is 5.42. The Morgan fingerprint density at radius 2 is 2.11 bits per heavy atom. The van der Waals surface area contributed by atoms with E-state index in [2.05, 4.69) is 5.32 Å². The molecule has 2 fully saturated rings. The molecule has 0 radical (unpaired) electrons. The summed E-state index contributed by atoms with van der Waals surface area (Å²) in [5, 5.41) is 2.80. The van der Waals surface area contributed by atoms with Crippen LogP contribution >= 0.6 is 0 Å². The van der Waals surface area contributed by atoms with E-state index < -0.39 is 0 Å². The van der Waals surface area contributed by atoms with Crippen LogP contribution in [0.1, 0.15) is 46.0 Å². The van der Waals surface area contributed by atoms with Gasteiger partial charge in [0.15, 0.2) is 0 Å². The Morgan fingerprint density at radius 1 is 1.37 bits per heavy atom. The largest absolute Gasteiger partial charge is 0.381 e. The van der Waals surface area contributed by atoms with Gasteiger partial charge in [-0.25, -0.2) is 0 Å². The van der Waals surface area contributed by atoms with Crippen LogP contribution in [-0.4, -0.2) is 48.1 Å². The number of amides is 2. The first-order chi connectivity index (χ1) is 9.08. The second-order valence-electron chi connectivity index (χ2n) is 5.57. The highest BCUT2D eigenvalue weighted by Gasteiger charge is 2.42. The highest BCUT2D eigenvalue weighted by atomic mass is 16.5. The Balaban J connectivity index is 2.15. The predicted molar refractivity (Wildman–Crippen MR) is 71.6 cm³/mol. The molecular formula is C14H24N2O3. The number of carbonyl (C=O) groups excluding carboxylic acids is 2. The molecule has 108 valence electrons. The number of ether oxygens (including phenoxy) is 1. The Hall–Kier alpha value is -1.10. The third-order valence-electron chi connectivity index (χ3n) is 4.40. The zero-order valence-electron chi connectivity index (χ0n) is 12.0. The van der Waals surface area contributed by atoms with Gasteiger partial charge in [0.1, 0.15) is 12.1 Å². The van der Waals surface area contributed by atoms with Crippen molar-refractivity contribution in [3.05, 3.63) is 0 Å². The lowest BCUT2D eigenvalue weighted by Crippen LogP contribution is -2.65. The number of hydrogen-bond donors (Lipinski definition) is 1. The summed E-state index contributed by atoms with van der Waals surface area (Å²) in [7, 11) is 1.72. The van der Waals surface area contributed by atoms with Gasteiger partial charge in [-0.2, -0.15) is 0 Å². The third kappa shape index (κ3) is 2.76. The normalized spacial score (nSPS) is 36.3. The Kier molecular flexibility index (Phi) is 4.45. The predicted octanol–water partition coefficient (Wildman–Crippen LogP) is 1.07. The molecule has 1 aliphatic heterocycles. The molecule has 1 N–H and O–H groups in total. The quantitative estimate of drug-likeness (QED) is 0.833. The van der Waals surface area contributed by atoms with Crippen molar-refractivity contribution in [2.45, 2.75) is 70.2 Å². The van der Waals surface area contributed by atoms with Crippen molar-refractivity contribution in [2.75, 3.05) is 7.11 Å². The van der Waals surface area contributed by atoms with E-state index in [1.54, 1.807) is 12.0 Å². The van der Waals surface area contributed by atoms with Gasteiger partial charge in [-0.15, -0.1) is 0 Å². The van der Waals surface area contributed by atoms with E-state index in [4.69, 9.17) is 4.74 Å². The minimum absolute atomic E-state index is 0.0361. The maximum absolute atomic E-state index is 12.5. The molecule has 0 aromatic carbocycles. The maximum atomic E-state index is 12.5. The molecule has 4 atom stereocenters. The molecule has 5 nitrogen and oxygen atoms in total. The molecule has 19 heavy (non-hydrogen) atoms. The first-order valence-electron chi connectivity index (χ1n) is 7.23. The van der Waals surface area contributed by atoms with Crippen molar-refractivity contribution in [3.63, 3.8) is 0 Å². The zero-order chi connectivity index (χ0) is 14.0. The van der Waals surface area contributed by atoms with Crippen LogP contribution in [0.5, 0.6) is 0 Å². The van der Waals surface area contributed by atoms with Crippen molar-refractivity contribution < 1.29 is 14.3 Å². The van der Waals surface area contributed by atoms with Gasteiger partial charge in [0, 0.05) is 13.2 Å². The highest BCUT2D eigenvalue weighted by molar-refractivity contribution is 5.96. The van der Waals surface area contributed by atoms with Crippen molar-refractivity contribution in [1.82, 2.24) is 10.2 Å². The van der Waals surface area contributed by atoms with Gasteiger partial charge in [0.05, 0.1) is 6.10 Å². The second kappa shape index (κ2) is 5.90.